The molecule has 3 nitrogen and oxygen atoms in total. The molecule has 5 heteroatoms. The second-order valence-electron chi connectivity index (χ2n) is 5.71. The lowest BCUT2D eigenvalue weighted by molar-refractivity contribution is 0.0947. The number of hydrogen-bond donors (Lipinski definition) is 1. The summed E-state index contributed by atoms with van der Waals surface area (Å²) in [5.41, 5.74) is 3.31. The molecule has 3 rings (SSSR count). The topological polar surface area (TPSA) is 32.3 Å². The Balaban J connectivity index is 1.51. The number of nitrogens with zero attached hydrogens (tertiary/aromatic N) is 1. The van der Waals surface area contributed by atoms with Crippen LogP contribution in [0.15, 0.2) is 42.5 Å². The summed E-state index contributed by atoms with van der Waals surface area (Å²) in [7, 11) is 0. The Hall–Kier alpha value is -1.55. The fourth-order valence-electron chi connectivity index (χ4n) is 2.86. The molecule has 1 aliphatic heterocycles. The van der Waals surface area contributed by atoms with E-state index < -0.39 is 0 Å². The van der Waals surface area contributed by atoms with E-state index in [0.717, 1.165) is 26.1 Å². The molecule has 1 amide bonds. The second-order valence-corrected chi connectivity index (χ2v) is 6.58. The average molecular weight is 349 g/mol. The van der Waals surface area contributed by atoms with E-state index in [1.165, 1.54) is 11.1 Å². The number of rotatable bonds is 4. The van der Waals surface area contributed by atoms with Gasteiger partial charge in [-0.05, 0) is 35.7 Å². The molecule has 0 radical (unpaired) electrons. The zero-order chi connectivity index (χ0) is 16.2. The first kappa shape index (κ1) is 16.3. The van der Waals surface area contributed by atoms with Crippen LogP contribution in [0.3, 0.4) is 0 Å². The van der Waals surface area contributed by atoms with Gasteiger partial charge in [-0.1, -0.05) is 47.5 Å². The van der Waals surface area contributed by atoms with E-state index >= 15 is 0 Å². The molecule has 0 atom stereocenters. The van der Waals surface area contributed by atoms with Gasteiger partial charge in [0.1, 0.15) is 0 Å². The first-order valence-electron chi connectivity index (χ1n) is 7.65. The lowest BCUT2D eigenvalue weighted by atomic mass is 10.00. The van der Waals surface area contributed by atoms with Crippen LogP contribution < -0.4 is 5.32 Å². The van der Waals surface area contributed by atoms with Crippen molar-refractivity contribution in [3.05, 3.63) is 69.2 Å². The van der Waals surface area contributed by atoms with Crippen molar-refractivity contribution >= 4 is 29.1 Å². The SMILES string of the molecule is O=C(NCCN1CCc2ccccc2C1)c1cc(Cl)cc(Cl)c1. The van der Waals surface area contributed by atoms with Gasteiger partial charge in [0.05, 0.1) is 0 Å². The van der Waals surface area contributed by atoms with E-state index in [-0.39, 0.29) is 5.91 Å². The summed E-state index contributed by atoms with van der Waals surface area (Å²) in [5, 5.41) is 3.86. The molecule has 0 aromatic heterocycles. The van der Waals surface area contributed by atoms with Crippen LogP contribution in [-0.2, 0) is 13.0 Å². The van der Waals surface area contributed by atoms with Crippen molar-refractivity contribution in [2.24, 2.45) is 0 Å². The molecule has 1 N–H and O–H groups in total. The third-order valence-corrected chi connectivity index (χ3v) is 4.48. The van der Waals surface area contributed by atoms with Gasteiger partial charge in [0.25, 0.3) is 5.91 Å². The van der Waals surface area contributed by atoms with Crippen LogP contribution >= 0.6 is 23.2 Å². The molecule has 0 unspecified atom stereocenters. The van der Waals surface area contributed by atoms with Gasteiger partial charge < -0.3 is 5.32 Å². The van der Waals surface area contributed by atoms with Gasteiger partial charge >= 0.3 is 0 Å². The van der Waals surface area contributed by atoms with Crippen molar-refractivity contribution in [2.45, 2.75) is 13.0 Å². The number of hydrogen-bond acceptors (Lipinski definition) is 2. The largest absolute Gasteiger partial charge is 0.351 e. The molecule has 0 aliphatic carbocycles. The molecule has 0 fully saturated rings. The van der Waals surface area contributed by atoms with Gasteiger partial charge in [-0.15, -0.1) is 0 Å². The highest BCUT2D eigenvalue weighted by Gasteiger charge is 2.15. The maximum atomic E-state index is 12.1. The first-order chi connectivity index (χ1) is 11.1. The summed E-state index contributed by atoms with van der Waals surface area (Å²) in [5.74, 6) is -0.146. The molecule has 1 heterocycles. The Bertz CT molecular complexity index is 698. The van der Waals surface area contributed by atoms with Crippen LogP contribution in [0.4, 0.5) is 0 Å². The van der Waals surface area contributed by atoms with Gasteiger partial charge in [0.2, 0.25) is 0 Å². The van der Waals surface area contributed by atoms with Crippen molar-refractivity contribution in [1.29, 1.82) is 0 Å². The smallest absolute Gasteiger partial charge is 0.251 e. The van der Waals surface area contributed by atoms with Crippen molar-refractivity contribution in [2.75, 3.05) is 19.6 Å². The van der Waals surface area contributed by atoms with Crippen LogP contribution in [0.1, 0.15) is 21.5 Å². The van der Waals surface area contributed by atoms with E-state index in [4.69, 9.17) is 23.2 Å². The first-order valence-corrected chi connectivity index (χ1v) is 8.41. The zero-order valence-electron chi connectivity index (χ0n) is 12.7. The van der Waals surface area contributed by atoms with E-state index in [1.54, 1.807) is 18.2 Å². The number of carbonyl (C=O) groups is 1. The van der Waals surface area contributed by atoms with Crippen molar-refractivity contribution in [3.63, 3.8) is 0 Å². The van der Waals surface area contributed by atoms with Crippen LogP contribution in [0, 0.1) is 0 Å². The van der Waals surface area contributed by atoms with E-state index in [2.05, 4.69) is 34.5 Å². The Morgan fingerprint density at radius 1 is 1.09 bits per heavy atom. The molecule has 2 aromatic rings. The predicted octanol–water partition coefficient (Wildman–Crippen LogP) is 3.78. The summed E-state index contributed by atoms with van der Waals surface area (Å²) in [6, 6.07) is 13.4. The molecule has 0 bridgehead atoms. The van der Waals surface area contributed by atoms with E-state index in [9.17, 15) is 4.79 Å². The molecular weight excluding hydrogens is 331 g/mol. The van der Waals surface area contributed by atoms with Crippen LogP contribution in [-0.4, -0.2) is 30.4 Å². The minimum Gasteiger partial charge on any atom is -0.351 e. The van der Waals surface area contributed by atoms with Crippen molar-refractivity contribution in [1.82, 2.24) is 10.2 Å². The van der Waals surface area contributed by atoms with Gasteiger partial charge in [-0.2, -0.15) is 0 Å². The fourth-order valence-corrected chi connectivity index (χ4v) is 3.39. The standard InChI is InChI=1S/C18H18Cl2N2O/c19-16-9-15(10-17(20)11-16)18(23)21-6-8-22-7-5-13-3-1-2-4-14(13)12-22/h1-4,9-11H,5-8,12H2,(H,21,23). The summed E-state index contributed by atoms with van der Waals surface area (Å²) >= 11 is 11.9. The Morgan fingerprint density at radius 3 is 2.52 bits per heavy atom. The molecule has 0 saturated carbocycles. The highest BCUT2D eigenvalue weighted by Crippen LogP contribution is 2.19. The quantitative estimate of drug-likeness (QED) is 0.911. The number of benzene rings is 2. The van der Waals surface area contributed by atoms with E-state index in [0.29, 0.717) is 22.2 Å². The third-order valence-electron chi connectivity index (χ3n) is 4.05. The van der Waals surface area contributed by atoms with Gasteiger partial charge in [-0.3, -0.25) is 9.69 Å². The third kappa shape index (κ3) is 4.25. The summed E-state index contributed by atoms with van der Waals surface area (Å²) < 4.78 is 0. The lowest BCUT2D eigenvalue weighted by Crippen LogP contribution is -2.37. The lowest BCUT2D eigenvalue weighted by Gasteiger charge is -2.28. The number of fused-ring (bicyclic) bond motifs is 1. The molecule has 23 heavy (non-hydrogen) atoms. The summed E-state index contributed by atoms with van der Waals surface area (Å²) in [6.07, 6.45) is 1.06. The molecule has 2 aromatic carbocycles. The molecular formula is C18H18Cl2N2O. The van der Waals surface area contributed by atoms with Gasteiger partial charge in [-0.25, -0.2) is 0 Å². The Morgan fingerprint density at radius 2 is 1.78 bits per heavy atom. The number of nitrogens with one attached hydrogen (secondary N) is 1. The van der Waals surface area contributed by atoms with E-state index in [1.807, 2.05) is 0 Å². The predicted molar refractivity (Wildman–Crippen MR) is 94.2 cm³/mol. The van der Waals surface area contributed by atoms with Crippen LogP contribution in [0.25, 0.3) is 0 Å². The number of halogens is 2. The monoisotopic (exact) mass is 348 g/mol. The maximum absolute atomic E-state index is 12.1. The number of amides is 1. The highest BCUT2D eigenvalue weighted by atomic mass is 35.5. The normalized spacial score (nSPS) is 14.3. The van der Waals surface area contributed by atoms with Crippen LogP contribution in [0.2, 0.25) is 10.0 Å². The minimum absolute atomic E-state index is 0.146. The Kier molecular flexibility index (Phi) is 5.21. The summed E-state index contributed by atoms with van der Waals surface area (Å²) in [4.78, 5) is 14.5. The fraction of sp³-hybridized carbons (Fsp3) is 0.278. The summed E-state index contributed by atoms with van der Waals surface area (Å²) in [6.45, 7) is 3.39. The van der Waals surface area contributed by atoms with Gasteiger partial charge in [0.15, 0.2) is 0 Å². The van der Waals surface area contributed by atoms with Gasteiger partial charge in [0, 0.05) is 41.8 Å². The highest BCUT2D eigenvalue weighted by molar-refractivity contribution is 6.35. The average Bonchev–Trinajstić information content (AvgIpc) is 2.53. The number of carbonyl (C=O) groups excluding carboxylic acids is 1. The minimum atomic E-state index is -0.146. The van der Waals surface area contributed by atoms with Crippen LogP contribution in [0.5, 0.6) is 0 Å². The van der Waals surface area contributed by atoms with Crippen molar-refractivity contribution < 1.29 is 4.79 Å². The zero-order valence-corrected chi connectivity index (χ0v) is 14.2. The Labute approximate surface area is 146 Å². The molecule has 0 spiro atoms. The second kappa shape index (κ2) is 7.35. The maximum Gasteiger partial charge on any atom is 0.251 e. The van der Waals surface area contributed by atoms with Crippen molar-refractivity contribution in [3.8, 4) is 0 Å². The molecule has 120 valence electrons. The molecule has 1 aliphatic rings. The molecule has 0 saturated heterocycles.